The van der Waals surface area contributed by atoms with Gasteiger partial charge in [0.2, 0.25) is 5.95 Å². The molecule has 2 aromatic heterocycles. The quantitative estimate of drug-likeness (QED) is 0.188. The fraction of sp³-hybridized carbons (Fsp3) is 0. The number of hydrogen-bond donors (Lipinski definition) is 0. The lowest BCUT2D eigenvalue weighted by Gasteiger charge is -2.17. The van der Waals surface area contributed by atoms with Crippen molar-refractivity contribution >= 4 is 54.5 Å². The van der Waals surface area contributed by atoms with E-state index in [1.807, 2.05) is 18.2 Å². The Morgan fingerprint density at radius 1 is 0.365 bits per heavy atom. The van der Waals surface area contributed by atoms with E-state index in [9.17, 15) is 0 Å². The zero-order valence-corrected chi connectivity index (χ0v) is 28.0. The summed E-state index contributed by atoms with van der Waals surface area (Å²) in [4.78, 5) is 15.6. The highest BCUT2D eigenvalue weighted by Gasteiger charge is 2.21. The lowest BCUT2D eigenvalue weighted by Crippen LogP contribution is -2.06. The summed E-state index contributed by atoms with van der Waals surface area (Å²) in [6.45, 7) is 0. The summed E-state index contributed by atoms with van der Waals surface area (Å²) >= 11 is 0. The van der Waals surface area contributed by atoms with Crippen LogP contribution < -0.4 is 0 Å². The molecule has 0 fully saturated rings. The maximum Gasteiger partial charge on any atom is 0.235 e. The molecular weight excluding hydrogens is 635 g/mol. The predicted octanol–water partition coefficient (Wildman–Crippen LogP) is 11.7. The molecule has 4 heterocycles. The Bertz CT molecular complexity index is 3120. The van der Waals surface area contributed by atoms with E-state index in [1.165, 1.54) is 21.8 Å². The van der Waals surface area contributed by atoms with Crippen molar-refractivity contribution in [1.82, 2.24) is 24.1 Å². The van der Waals surface area contributed by atoms with Crippen molar-refractivity contribution in [1.29, 1.82) is 0 Å². The standard InChI is InChI=1S/C47H29N5/c1-3-13-30(14-4-1)45-36-19-8-11-21-41(36)49-47(50-45)51-29-39-34-17-7-10-20-40(34)48-46(39)38-28-32(23-25-42(38)51)31-24-26-44-37(27-31)35-18-9-12-22-43(35)52(44)33-15-5-2-6-16-33/h1-29H. The van der Waals surface area contributed by atoms with Crippen molar-refractivity contribution in [3.05, 3.63) is 176 Å². The van der Waals surface area contributed by atoms with Crippen LogP contribution >= 0.6 is 0 Å². The van der Waals surface area contributed by atoms with Gasteiger partial charge in [-0.2, -0.15) is 0 Å². The molecule has 52 heavy (non-hydrogen) atoms. The summed E-state index contributed by atoms with van der Waals surface area (Å²) < 4.78 is 4.50. The highest BCUT2D eigenvalue weighted by Crippen LogP contribution is 2.41. The first-order valence-corrected chi connectivity index (χ1v) is 17.5. The van der Waals surface area contributed by atoms with Crippen molar-refractivity contribution in [2.45, 2.75) is 0 Å². The van der Waals surface area contributed by atoms with Crippen LogP contribution in [0.5, 0.6) is 0 Å². The normalized spacial score (nSPS) is 11.8. The number of benzene rings is 7. The minimum absolute atomic E-state index is 0.623. The second-order valence-electron chi connectivity index (χ2n) is 13.3. The van der Waals surface area contributed by atoms with Gasteiger partial charge in [0, 0.05) is 49.9 Å². The first kappa shape index (κ1) is 28.7. The molecule has 11 rings (SSSR count). The maximum absolute atomic E-state index is 5.26. The topological polar surface area (TPSA) is 48.5 Å². The summed E-state index contributed by atoms with van der Waals surface area (Å²) in [7, 11) is 0. The van der Waals surface area contributed by atoms with Crippen molar-refractivity contribution in [2.24, 2.45) is 0 Å². The van der Waals surface area contributed by atoms with Crippen molar-refractivity contribution in [3.63, 3.8) is 0 Å². The number of nitrogens with zero attached hydrogens (tertiary/aromatic N) is 5. The zero-order valence-electron chi connectivity index (χ0n) is 28.0. The molecule has 0 saturated heterocycles. The highest BCUT2D eigenvalue weighted by atomic mass is 15.1. The molecule has 0 unspecified atom stereocenters. The number of para-hydroxylation sites is 4. The molecule has 7 aromatic carbocycles. The Kier molecular flexibility index (Phi) is 6.18. The van der Waals surface area contributed by atoms with Crippen LogP contribution in [-0.4, -0.2) is 24.1 Å². The molecule has 2 aliphatic rings. The van der Waals surface area contributed by atoms with Crippen LogP contribution in [-0.2, 0) is 0 Å². The van der Waals surface area contributed by atoms with Gasteiger partial charge in [-0.25, -0.2) is 15.0 Å². The lowest BCUT2D eigenvalue weighted by molar-refractivity contribution is 0.974. The number of aromatic nitrogens is 5. The monoisotopic (exact) mass is 663 g/mol. The molecule has 242 valence electrons. The number of pyridine rings is 1. The van der Waals surface area contributed by atoms with Crippen LogP contribution in [0.4, 0.5) is 0 Å². The number of fused-ring (bicyclic) bond motifs is 9. The fourth-order valence-electron chi connectivity index (χ4n) is 7.92. The van der Waals surface area contributed by atoms with Crippen molar-refractivity contribution < 1.29 is 0 Å². The SMILES string of the molecule is c1ccc(-c2nc(-n3cc4c5ccccc5nc-4c4cc(-c5ccc6c(c5)c5ccccc5n6-c5ccccc5)ccc43)nc3ccccc23)cc1. The van der Waals surface area contributed by atoms with Crippen LogP contribution in [0, 0.1) is 0 Å². The maximum atomic E-state index is 5.26. The van der Waals surface area contributed by atoms with E-state index in [4.69, 9.17) is 15.0 Å². The summed E-state index contributed by atoms with van der Waals surface area (Å²) in [5, 5.41) is 5.64. The van der Waals surface area contributed by atoms with Crippen molar-refractivity contribution in [2.75, 3.05) is 0 Å². The van der Waals surface area contributed by atoms with Gasteiger partial charge in [0.1, 0.15) is 0 Å². The minimum atomic E-state index is 0.623. The highest BCUT2D eigenvalue weighted by molar-refractivity contribution is 6.11. The molecule has 0 radical (unpaired) electrons. The van der Waals surface area contributed by atoms with E-state index in [0.29, 0.717) is 5.95 Å². The summed E-state index contributed by atoms with van der Waals surface area (Å²) in [5.74, 6) is 0.623. The molecule has 0 bridgehead atoms. The van der Waals surface area contributed by atoms with E-state index >= 15 is 0 Å². The average Bonchev–Trinajstić information content (AvgIpc) is 3.76. The van der Waals surface area contributed by atoms with E-state index in [0.717, 1.165) is 72.0 Å². The average molecular weight is 664 g/mol. The molecule has 0 N–H and O–H groups in total. The Morgan fingerprint density at radius 2 is 0.962 bits per heavy atom. The summed E-state index contributed by atoms with van der Waals surface area (Å²) in [5.41, 5.74) is 12.7. The van der Waals surface area contributed by atoms with Gasteiger partial charge >= 0.3 is 0 Å². The molecule has 2 aliphatic heterocycles. The van der Waals surface area contributed by atoms with Crippen LogP contribution in [0.25, 0.3) is 99.8 Å². The second-order valence-corrected chi connectivity index (χ2v) is 13.3. The van der Waals surface area contributed by atoms with Crippen LogP contribution in [0.15, 0.2) is 176 Å². The van der Waals surface area contributed by atoms with Gasteiger partial charge in [-0.05, 0) is 65.7 Å². The van der Waals surface area contributed by atoms with Gasteiger partial charge < -0.3 is 4.57 Å². The molecular formula is C47H29N5. The molecule has 0 atom stereocenters. The molecule has 0 amide bonds. The predicted molar refractivity (Wildman–Crippen MR) is 214 cm³/mol. The summed E-state index contributed by atoms with van der Waals surface area (Å²) in [6, 6.07) is 59.8. The van der Waals surface area contributed by atoms with Gasteiger partial charge in [-0.3, -0.25) is 4.57 Å². The van der Waals surface area contributed by atoms with Gasteiger partial charge in [0.15, 0.2) is 0 Å². The molecule has 0 spiro atoms. The van der Waals surface area contributed by atoms with Gasteiger partial charge in [-0.1, -0.05) is 115 Å². The van der Waals surface area contributed by atoms with Crippen LogP contribution in [0.1, 0.15) is 0 Å². The first-order chi connectivity index (χ1) is 25.8. The Morgan fingerprint density at radius 3 is 1.75 bits per heavy atom. The van der Waals surface area contributed by atoms with Crippen molar-refractivity contribution in [3.8, 4) is 45.3 Å². The third kappa shape index (κ3) is 4.33. The summed E-state index contributed by atoms with van der Waals surface area (Å²) in [6.07, 6.45) is 2.16. The largest absolute Gasteiger partial charge is 0.309 e. The smallest absolute Gasteiger partial charge is 0.235 e. The van der Waals surface area contributed by atoms with Gasteiger partial charge in [0.25, 0.3) is 0 Å². The van der Waals surface area contributed by atoms with Gasteiger partial charge in [0.05, 0.1) is 39.0 Å². The first-order valence-electron chi connectivity index (χ1n) is 17.5. The molecule has 0 aliphatic carbocycles. The third-order valence-electron chi connectivity index (χ3n) is 10.3. The van der Waals surface area contributed by atoms with Gasteiger partial charge in [-0.15, -0.1) is 0 Å². The second kappa shape index (κ2) is 11.2. The molecule has 9 aromatic rings. The minimum Gasteiger partial charge on any atom is -0.309 e. The van der Waals surface area contributed by atoms with E-state index < -0.39 is 0 Å². The number of hydrogen-bond acceptors (Lipinski definition) is 3. The van der Waals surface area contributed by atoms with E-state index in [2.05, 4.69) is 167 Å². The zero-order chi connectivity index (χ0) is 34.2. The molecule has 5 nitrogen and oxygen atoms in total. The van der Waals surface area contributed by atoms with E-state index in [-0.39, 0.29) is 0 Å². The molecule has 0 saturated carbocycles. The lowest BCUT2D eigenvalue weighted by atomic mass is 9.98. The Balaban J connectivity index is 1.16. The molecule has 5 heteroatoms. The Labute approximate surface area is 299 Å². The fourth-order valence-corrected chi connectivity index (χ4v) is 7.92. The van der Waals surface area contributed by atoms with Crippen LogP contribution in [0.3, 0.4) is 0 Å². The van der Waals surface area contributed by atoms with E-state index in [1.54, 1.807) is 0 Å². The Hall–Kier alpha value is -7.11. The van der Waals surface area contributed by atoms with Crippen LogP contribution in [0.2, 0.25) is 0 Å². The number of rotatable bonds is 4. The third-order valence-corrected chi connectivity index (χ3v) is 10.3.